The highest BCUT2D eigenvalue weighted by atomic mass is 35.5. The van der Waals surface area contributed by atoms with Crippen molar-refractivity contribution in [2.24, 2.45) is 0 Å². The average Bonchev–Trinajstić information content (AvgIpc) is 3.24. The number of aliphatic hydroxyl groups is 1. The van der Waals surface area contributed by atoms with Gasteiger partial charge in [0.2, 0.25) is 0 Å². The first-order chi connectivity index (χ1) is 17.3. The van der Waals surface area contributed by atoms with Crippen molar-refractivity contribution in [1.29, 1.82) is 0 Å². The van der Waals surface area contributed by atoms with Crippen LogP contribution < -0.4 is 10.9 Å². The zero-order chi connectivity index (χ0) is 25.2. The van der Waals surface area contributed by atoms with Crippen molar-refractivity contribution in [1.82, 2.24) is 19.4 Å². The number of aromatic nitrogens is 2. The van der Waals surface area contributed by atoms with Gasteiger partial charge >= 0.3 is 12.0 Å². The lowest BCUT2D eigenvalue weighted by Crippen LogP contribution is -2.48. The second kappa shape index (κ2) is 9.13. The molecule has 3 aliphatic heterocycles. The van der Waals surface area contributed by atoms with E-state index in [0.29, 0.717) is 53.4 Å². The Balaban J connectivity index is 0.00000280. The fourth-order valence-corrected chi connectivity index (χ4v) is 5.32. The molecule has 0 aliphatic carbocycles. The maximum atomic E-state index is 13.4. The molecule has 3 aliphatic rings. The smallest absolute Gasteiger partial charge is 0.343 e. The van der Waals surface area contributed by atoms with Crippen LogP contribution in [-0.2, 0) is 28.3 Å². The number of carbonyl (C=O) groups is 2. The van der Waals surface area contributed by atoms with E-state index in [1.165, 1.54) is 0 Å². The van der Waals surface area contributed by atoms with E-state index in [1.807, 2.05) is 31.3 Å². The number of hydrogen-bond acceptors (Lipinski definition) is 7. The summed E-state index contributed by atoms with van der Waals surface area (Å²) in [7, 11) is 2.04. The summed E-state index contributed by atoms with van der Waals surface area (Å²) >= 11 is 0. The van der Waals surface area contributed by atoms with Gasteiger partial charge in [0.25, 0.3) is 5.56 Å². The molecular weight excluding hydrogens is 498 g/mol. The van der Waals surface area contributed by atoms with E-state index >= 15 is 0 Å². The van der Waals surface area contributed by atoms with E-state index in [9.17, 15) is 19.5 Å². The van der Waals surface area contributed by atoms with Gasteiger partial charge in [-0.25, -0.2) is 14.6 Å². The Kier molecular flexibility index (Phi) is 6.21. The van der Waals surface area contributed by atoms with Crippen LogP contribution in [0.3, 0.4) is 0 Å². The fourth-order valence-electron chi connectivity index (χ4n) is 5.32. The molecule has 2 amide bonds. The summed E-state index contributed by atoms with van der Waals surface area (Å²) in [5.74, 6) is -0.743. The molecule has 10 nitrogen and oxygen atoms in total. The van der Waals surface area contributed by atoms with Crippen LogP contribution in [0.1, 0.15) is 30.0 Å². The van der Waals surface area contributed by atoms with Crippen LogP contribution in [0.2, 0.25) is 0 Å². The number of hydrogen-bond donors (Lipinski definition) is 2. The number of benzene rings is 1. The van der Waals surface area contributed by atoms with Crippen molar-refractivity contribution < 1.29 is 19.4 Å². The number of fused-ring (bicyclic) bond motifs is 5. The summed E-state index contributed by atoms with van der Waals surface area (Å²) in [6, 6.07) is 9.05. The summed E-state index contributed by atoms with van der Waals surface area (Å²) < 4.78 is 6.74. The lowest BCUT2D eigenvalue weighted by molar-refractivity contribution is -0.172. The van der Waals surface area contributed by atoms with Gasteiger partial charge in [-0.3, -0.25) is 4.79 Å². The zero-order valence-corrected chi connectivity index (χ0v) is 21.4. The first-order valence-corrected chi connectivity index (χ1v) is 12.1. The van der Waals surface area contributed by atoms with Crippen molar-refractivity contribution in [2.45, 2.75) is 32.1 Å². The summed E-state index contributed by atoms with van der Waals surface area (Å²) in [6.07, 6.45) is 0.0933. The van der Waals surface area contributed by atoms with E-state index in [1.54, 1.807) is 22.5 Å². The third kappa shape index (κ3) is 3.87. The first kappa shape index (κ1) is 25.2. The first-order valence-electron chi connectivity index (χ1n) is 12.1. The normalized spacial score (nSPS) is 20.5. The van der Waals surface area contributed by atoms with Gasteiger partial charge in [-0.2, -0.15) is 0 Å². The summed E-state index contributed by atoms with van der Waals surface area (Å²) in [5.41, 5.74) is 1.78. The predicted molar refractivity (Wildman–Crippen MR) is 140 cm³/mol. The Bertz CT molecular complexity index is 1500. The van der Waals surface area contributed by atoms with Gasteiger partial charge in [-0.05, 0) is 37.7 Å². The Morgan fingerprint density at radius 3 is 2.68 bits per heavy atom. The number of ether oxygens (including phenoxy) is 1. The van der Waals surface area contributed by atoms with Gasteiger partial charge in [0.15, 0.2) is 5.60 Å². The highest BCUT2D eigenvalue weighted by Crippen LogP contribution is 2.39. The molecule has 0 radical (unpaired) electrons. The Labute approximate surface area is 219 Å². The third-order valence-electron chi connectivity index (χ3n) is 7.58. The Morgan fingerprint density at radius 2 is 1.95 bits per heavy atom. The predicted octanol–water partition coefficient (Wildman–Crippen LogP) is 2.28. The number of esters is 1. The molecule has 0 spiro atoms. The number of carbonyl (C=O) groups excluding carboxylic acids is 2. The molecule has 1 atom stereocenters. The summed E-state index contributed by atoms with van der Waals surface area (Å²) in [4.78, 5) is 47.5. The number of rotatable bonds is 2. The monoisotopic (exact) mass is 525 g/mol. The minimum Gasteiger partial charge on any atom is -0.458 e. The maximum absolute atomic E-state index is 13.4. The molecule has 11 heteroatoms. The van der Waals surface area contributed by atoms with Crippen LogP contribution in [0.15, 0.2) is 35.1 Å². The molecule has 0 bridgehead atoms. The molecule has 3 aromatic rings. The zero-order valence-electron chi connectivity index (χ0n) is 20.6. The highest BCUT2D eigenvalue weighted by molar-refractivity contribution is 6.01. The number of pyridine rings is 2. The van der Waals surface area contributed by atoms with Gasteiger partial charge in [0, 0.05) is 42.7 Å². The van der Waals surface area contributed by atoms with Crippen molar-refractivity contribution in [3.05, 3.63) is 57.4 Å². The van der Waals surface area contributed by atoms with Gasteiger partial charge in [0.05, 0.1) is 34.7 Å². The molecule has 6 rings (SSSR count). The van der Waals surface area contributed by atoms with E-state index < -0.39 is 11.6 Å². The van der Waals surface area contributed by atoms with Crippen molar-refractivity contribution in [2.75, 3.05) is 38.5 Å². The average molecular weight is 526 g/mol. The molecule has 1 saturated heterocycles. The van der Waals surface area contributed by atoms with Crippen LogP contribution >= 0.6 is 12.4 Å². The summed E-state index contributed by atoms with van der Waals surface area (Å²) in [5, 5.41) is 14.8. The minimum atomic E-state index is -1.86. The minimum absolute atomic E-state index is 0. The lowest BCUT2D eigenvalue weighted by atomic mass is 9.86. The number of urea groups is 1. The van der Waals surface area contributed by atoms with Crippen molar-refractivity contribution in [3.8, 4) is 11.4 Å². The van der Waals surface area contributed by atoms with Crippen LogP contribution in [0.4, 0.5) is 10.5 Å². The number of anilines is 1. The van der Waals surface area contributed by atoms with Crippen molar-refractivity contribution >= 4 is 41.0 Å². The van der Waals surface area contributed by atoms with Gasteiger partial charge in [0.1, 0.15) is 6.61 Å². The third-order valence-corrected chi connectivity index (χ3v) is 7.58. The van der Waals surface area contributed by atoms with Gasteiger partial charge in [-0.15, -0.1) is 12.4 Å². The Hall–Kier alpha value is -3.47. The number of likely N-dealkylation sites (N-methyl/N-ethyl adjacent to an activating group) is 1. The van der Waals surface area contributed by atoms with E-state index in [2.05, 4.69) is 10.2 Å². The van der Waals surface area contributed by atoms with Crippen LogP contribution in [0.5, 0.6) is 0 Å². The molecule has 1 fully saturated rings. The van der Waals surface area contributed by atoms with Gasteiger partial charge < -0.3 is 29.5 Å². The van der Waals surface area contributed by atoms with Crippen molar-refractivity contribution in [3.63, 3.8) is 0 Å². The van der Waals surface area contributed by atoms with Gasteiger partial charge in [-0.1, -0.05) is 13.0 Å². The quantitative estimate of drug-likeness (QED) is 0.386. The molecule has 37 heavy (non-hydrogen) atoms. The number of halogens is 1. The topological polar surface area (TPSA) is 117 Å². The number of amides is 2. The highest BCUT2D eigenvalue weighted by Gasteiger charge is 2.45. The molecule has 1 aromatic carbocycles. The number of piperazine rings is 1. The number of nitrogens with one attached hydrogen (secondary N) is 1. The molecule has 194 valence electrons. The number of cyclic esters (lactones) is 1. The van der Waals surface area contributed by atoms with E-state index in [0.717, 1.165) is 24.0 Å². The van der Waals surface area contributed by atoms with Crippen LogP contribution in [0, 0.1) is 0 Å². The Morgan fingerprint density at radius 1 is 1.19 bits per heavy atom. The SMILES string of the molecule is CC[C@@]1(O)C(=O)OCc2c1cc1n(c2=O)Cc2cc3c(NC(=O)N4CCN(C)CC4)cccc3nc2-1.Cl. The number of nitrogens with zero attached hydrogens (tertiary/aromatic N) is 4. The van der Waals surface area contributed by atoms with Crippen LogP contribution in [-0.4, -0.2) is 69.7 Å². The standard InChI is InChI=1S/C26H27N5O5.ClH/c1-3-26(35)18-12-21-22-15(13-31(21)23(32)17(18)14-36-24(26)33)11-16-19(27-22)5-4-6-20(16)28-25(34)30-9-7-29(2)8-10-30;/h4-6,11-12,35H,3,7-10,13-14H2,1-2H3,(H,28,34);1H/t26-;/m0./s1. The molecule has 2 aromatic heterocycles. The van der Waals surface area contributed by atoms with E-state index in [-0.39, 0.29) is 37.0 Å². The lowest BCUT2D eigenvalue weighted by Gasteiger charge is -2.32. The molecular formula is C26H28ClN5O5. The molecule has 2 N–H and O–H groups in total. The molecule has 5 heterocycles. The largest absolute Gasteiger partial charge is 0.458 e. The second-order valence-electron chi connectivity index (χ2n) is 9.69. The van der Waals surface area contributed by atoms with Crippen LogP contribution in [0.25, 0.3) is 22.3 Å². The second-order valence-corrected chi connectivity index (χ2v) is 9.69. The fraction of sp³-hybridized carbons (Fsp3) is 0.385. The molecule has 0 unspecified atom stereocenters. The van der Waals surface area contributed by atoms with E-state index in [4.69, 9.17) is 9.72 Å². The molecule has 0 saturated carbocycles. The summed E-state index contributed by atoms with van der Waals surface area (Å²) in [6.45, 7) is 4.82. The maximum Gasteiger partial charge on any atom is 0.343 e.